The SMILES string of the molecule is COc1ccc(NC(N)=NCc2ccc(S(C)(=O)=O)c(C)c2)cc1Cl.I. The number of sulfone groups is 1. The first-order valence-corrected chi connectivity index (χ1v) is 9.67. The van der Waals surface area contributed by atoms with Gasteiger partial charge in [0.15, 0.2) is 15.8 Å². The number of hydrogen-bond acceptors (Lipinski definition) is 4. The fourth-order valence-electron chi connectivity index (χ4n) is 2.33. The van der Waals surface area contributed by atoms with Crippen LogP contribution >= 0.6 is 35.6 Å². The van der Waals surface area contributed by atoms with E-state index in [4.69, 9.17) is 22.1 Å². The first-order chi connectivity index (χ1) is 11.7. The van der Waals surface area contributed by atoms with Gasteiger partial charge in [-0.1, -0.05) is 23.7 Å². The third kappa shape index (κ3) is 6.03. The van der Waals surface area contributed by atoms with Gasteiger partial charge in [0.1, 0.15) is 5.75 Å². The van der Waals surface area contributed by atoms with Crippen molar-refractivity contribution in [2.75, 3.05) is 18.7 Å². The predicted octanol–water partition coefficient (Wildman–Crippen LogP) is 3.61. The van der Waals surface area contributed by atoms with Gasteiger partial charge in [0.25, 0.3) is 0 Å². The maximum atomic E-state index is 11.6. The first-order valence-electron chi connectivity index (χ1n) is 7.41. The van der Waals surface area contributed by atoms with Gasteiger partial charge < -0.3 is 15.8 Å². The smallest absolute Gasteiger partial charge is 0.193 e. The number of halogens is 2. The van der Waals surface area contributed by atoms with Crippen LogP contribution in [0.5, 0.6) is 5.75 Å². The van der Waals surface area contributed by atoms with Crippen molar-refractivity contribution >= 4 is 57.1 Å². The Morgan fingerprint density at radius 1 is 1.27 bits per heavy atom. The zero-order valence-electron chi connectivity index (χ0n) is 14.6. The van der Waals surface area contributed by atoms with Crippen molar-refractivity contribution in [1.29, 1.82) is 0 Å². The van der Waals surface area contributed by atoms with Gasteiger partial charge in [0.05, 0.1) is 23.6 Å². The lowest BCUT2D eigenvalue weighted by molar-refractivity contribution is 0.415. The number of nitrogens with one attached hydrogen (secondary N) is 1. The van der Waals surface area contributed by atoms with Gasteiger partial charge in [0, 0.05) is 11.9 Å². The van der Waals surface area contributed by atoms with Gasteiger partial charge in [-0.25, -0.2) is 13.4 Å². The molecular weight excluding hydrogens is 489 g/mol. The maximum absolute atomic E-state index is 11.6. The van der Waals surface area contributed by atoms with E-state index in [2.05, 4.69) is 10.3 Å². The highest BCUT2D eigenvalue weighted by Gasteiger charge is 2.10. The van der Waals surface area contributed by atoms with Crippen LogP contribution in [0.1, 0.15) is 11.1 Å². The second-order valence-corrected chi connectivity index (χ2v) is 7.94. The molecule has 0 aromatic heterocycles. The minimum Gasteiger partial charge on any atom is -0.495 e. The summed E-state index contributed by atoms with van der Waals surface area (Å²) in [6.07, 6.45) is 1.19. The number of anilines is 1. The lowest BCUT2D eigenvalue weighted by Gasteiger charge is -2.09. The van der Waals surface area contributed by atoms with Crippen LogP contribution in [0.4, 0.5) is 5.69 Å². The van der Waals surface area contributed by atoms with Crippen molar-refractivity contribution < 1.29 is 13.2 Å². The van der Waals surface area contributed by atoms with E-state index in [9.17, 15) is 8.42 Å². The maximum Gasteiger partial charge on any atom is 0.193 e. The van der Waals surface area contributed by atoms with Gasteiger partial charge in [-0.2, -0.15) is 0 Å². The first kappa shape index (κ1) is 22.5. The van der Waals surface area contributed by atoms with Crippen LogP contribution in [-0.2, 0) is 16.4 Å². The molecule has 142 valence electrons. The Bertz CT molecular complexity index is 917. The number of nitrogens with zero attached hydrogens (tertiary/aromatic N) is 1. The number of nitrogens with two attached hydrogens (primary N) is 1. The zero-order valence-corrected chi connectivity index (χ0v) is 18.5. The number of aryl methyl sites for hydroxylation is 1. The summed E-state index contributed by atoms with van der Waals surface area (Å²) in [5.41, 5.74) is 8.12. The van der Waals surface area contributed by atoms with Crippen LogP contribution in [-0.4, -0.2) is 27.7 Å². The highest BCUT2D eigenvalue weighted by atomic mass is 127. The molecule has 0 spiro atoms. The lowest BCUT2D eigenvalue weighted by Crippen LogP contribution is -2.22. The fourth-order valence-corrected chi connectivity index (χ4v) is 3.55. The molecule has 2 aromatic carbocycles. The van der Waals surface area contributed by atoms with Crippen molar-refractivity contribution in [3.8, 4) is 5.75 Å². The summed E-state index contributed by atoms with van der Waals surface area (Å²) in [5, 5.41) is 3.41. The lowest BCUT2D eigenvalue weighted by atomic mass is 10.1. The predicted molar refractivity (Wildman–Crippen MR) is 117 cm³/mol. The van der Waals surface area contributed by atoms with E-state index in [0.29, 0.717) is 33.5 Å². The topological polar surface area (TPSA) is 93.8 Å². The summed E-state index contributed by atoms with van der Waals surface area (Å²) in [4.78, 5) is 4.57. The number of benzene rings is 2. The van der Waals surface area contributed by atoms with Crippen molar-refractivity contribution in [3.05, 3.63) is 52.5 Å². The Morgan fingerprint density at radius 2 is 1.96 bits per heavy atom. The van der Waals surface area contributed by atoms with Crippen LogP contribution in [0.3, 0.4) is 0 Å². The molecule has 2 rings (SSSR count). The molecule has 0 unspecified atom stereocenters. The van der Waals surface area contributed by atoms with Crippen LogP contribution < -0.4 is 15.8 Å². The molecule has 0 heterocycles. The Labute approximate surface area is 175 Å². The Morgan fingerprint density at radius 3 is 2.50 bits per heavy atom. The molecule has 26 heavy (non-hydrogen) atoms. The van der Waals surface area contributed by atoms with Gasteiger partial charge >= 0.3 is 0 Å². The van der Waals surface area contributed by atoms with Crippen molar-refractivity contribution in [2.24, 2.45) is 10.7 Å². The van der Waals surface area contributed by atoms with Crippen LogP contribution in [0.25, 0.3) is 0 Å². The molecule has 0 amide bonds. The molecule has 0 saturated heterocycles. The normalized spacial score (nSPS) is 11.6. The third-order valence-electron chi connectivity index (χ3n) is 3.49. The molecule has 9 heteroatoms. The summed E-state index contributed by atoms with van der Waals surface area (Å²) in [7, 11) is -1.68. The summed E-state index contributed by atoms with van der Waals surface area (Å²) in [6.45, 7) is 2.08. The third-order valence-corrected chi connectivity index (χ3v) is 5.05. The minimum absolute atomic E-state index is 0. The number of guanidine groups is 1. The molecule has 0 aliphatic rings. The zero-order chi connectivity index (χ0) is 18.6. The van der Waals surface area contributed by atoms with Gasteiger partial charge in [-0.3, -0.25) is 0 Å². The largest absolute Gasteiger partial charge is 0.495 e. The number of methoxy groups -OCH3 is 1. The molecule has 3 N–H and O–H groups in total. The van der Waals surface area contributed by atoms with Crippen molar-refractivity contribution in [2.45, 2.75) is 18.4 Å². The summed E-state index contributed by atoms with van der Waals surface area (Å²) >= 11 is 6.06. The average molecular weight is 510 g/mol. The van der Waals surface area contributed by atoms with Gasteiger partial charge in [0.2, 0.25) is 0 Å². The molecule has 0 aliphatic heterocycles. The number of hydrogen-bond donors (Lipinski definition) is 2. The highest BCUT2D eigenvalue weighted by molar-refractivity contribution is 14.0. The molecule has 0 fully saturated rings. The van der Waals surface area contributed by atoms with Gasteiger partial charge in [-0.15, -0.1) is 24.0 Å². The van der Waals surface area contributed by atoms with Crippen LogP contribution in [0, 0.1) is 6.92 Å². The highest BCUT2D eigenvalue weighted by Crippen LogP contribution is 2.27. The van der Waals surface area contributed by atoms with Crippen molar-refractivity contribution in [1.82, 2.24) is 0 Å². The molecule has 0 bridgehead atoms. The van der Waals surface area contributed by atoms with Crippen LogP contribution in [0.2, 0.25) is 5.02 Å². The number of ether oxygens (including phenoxy) is 1. The molecule has 0 atom stereocenters. The second kappa shape index (κ2) is 9.43. The fraction of sp³-hybridized carbons (Fsp3) is 0.235. The van der Waals surface area contributed by atoms with E-state index in [-0.39, 0.29) is 29.9 Å². The summed E-state index contributed by atoms with van der Waals surface area (Å²) in [6, 6.07) is 10.3. The number of aliphatic imine (C=N–C) groups is 1. The van der Waals surface area contributed by atoms with E-state index in [1.165, 1.54) is 6.26 Å². The second-order valence-electron chi connectivity index (χ2n) is 5.55. The Balaban J connectivity index is 0.00000338. The molecular formula is C17H21ClIN3O3S. The standard InChI is InChI=1S/C17H20ClN3O3S.HI/c1-11-8-12(4-7-16(11)25(3,22)23)10-20-17(19)21-13-5-6-15(24-2)14(18)9-13;/h4-9H,10H2,1-3H3,(H3,19,20,21);1H. The quantitative estimate of drug-likeness (QED) is 0.365. The van der Waals surface area contributed by atoms with E-state index >= 15 is 0 Å². The van der Waals surface area contributed by atoms with E-state index < -0.39 is 9.84 Å². The monoisotopic (exact) mass is 509 g/mol. The molecule has 6 nitrogen and oxygen atoms in total. The number of rotatable bonds is 5. The molecule has 2 aromatic rings. The van der Waals surface area contributed by atoms with E-state index in [1.807, 2.05) is 0 Å². The Kier molecular flexibility index (Phi) is 8.16. The molecule has 0 radical (unpaired) electrons. The summed E-state index contributed by atoms with van der Waals surface area (Å²) < 4.78 is 28.4. The van der Waals surface area contributed by atoms with Crippen LogP contribution in [0.15, 0.2) is 46.3 Å². The summed E-state index contributed by atoms with van der Waals surface area (Å²) in [5.74, 6) is 0.801. The van der Waals surface area contributed by atoms with Gasteiger partial charge in [-0.05, 0) is 42.3 Å². The average Bonchev–Trinajstić information content (AvgIpc) is 2.52. The van der Waals surface area contributed by atoms with E-state index in [0.717, 1.165) is 5.56 Å². The minimum atomic E-state index is -3.23. The Hall–Kier alpha value is -1.52. The molecule has 0 saturated carbocycles. The molecule has 0 aliphatic carbocycles. The van der Waals surface area contributed by atoms with Crippen molar-refractivity contribution in [3.63, 3.8) is 0 Å². The van der Waals surface area contributed by atoms with E-state index in [1.54, 1.807) is 50.4 Å².